The van der Waals surface area contributed by atoms with E-state index in [0.29, 0.717) is 6.42 Å². The molecule has 1 aromatic rings. The minimum Gasteiger partial charge on any atom is -0.372 e. The van der Waals surface area contributed by atoms with Gasteiger partial charge in [-0.2, -0.15) is 13.2 Å². The summed E-state index contributed by atoms with van der Waals surface area (Å²) in [7, 11) is 0. The second-order valence-electron chi connectivity index (χ2n) is 4.79. The standard InChI is InChI=1S/C11H16F3NOS/c1-10(2,3)8-6-17-9(15-8)4-5-16-7-11(12,13)14/h6H,4-5,7H2,1-3H3. The van der Waals surface area contributed by atoms with Crippen molar-refractivity contribution in [3.8, 4) is 0 Å². The van der Waals surface area contributed by atoms with Crippen molar-refractivity contribution in [2.45, 2.75) is 38.8 Å². The number of hydrogen-bond donors (Lipinski definition) is 0. The highest BCUT2D eigenvalue weighted by Crippen LogP contribution is 2.24. The molecule has 0 aliphatic carbocycles. The van der Waals surface area contributed by atoms with E-state index in [1.807, 2.05) is 26.2 Å². The Morgan fingerprint density at radius 2 is 1.94 bits per heavy atom. The summed E-state index contributed by atoms with van der Waals surface area (Å²) in [6.45, 7) is 5.01. The third kappa shape index (κ3) is 5.50. The Morgan fingerprint density at radius 3 is 2.41 bits per heavy atom. The Balaban J connectivity index is 2.36. The molecule has 0 fully saturated rings. The molecule has 0 amide bonds. The van der Waals surface area contributed by atoms with Gasteiger partial charge in [-0.15, -0.1) is 11.3 Å². The predicted molar refractivity (Wildman–Crippen MR) is 61.4 cm³/mol. The predicted octanol–water partition coefficient (Wildman–Crippen LogP) is 3.56. The summed E-state index contributed by atoms with van der Waals surface area (Å²) in [6.07, 6.45) is -3.82. The Kier molecular flexibility index (Phi) is 4.55. The number of hydrogen-bond acceptors (Lipinski definition) is 3. The second kappa shape index (κ2) is 5.35. The maximum Gasteiger partial charge on any atom is 0.411 e. The number of ether oxygens (including phenoxy) is 1. The van der Waals surface area contributed by atoms with Gasteiger partial charge in [0.2, 0.25) is 0 Å². The number of rotatable bonds is 4. The van der Waals surface area contributed by atoms with Crippen LogP contribution in [0.2, 0.25) is 0 Å². The van der Waals surface area contributed by atoms with Crippen LogP contribution in [0, 0.1) is 0 Å². The molecule has 1 aromatic heterocycles. The molecule has 98 valence electrons. The normalized spacial score (nSPS) is 13.1. The molecule has 0 aromatic carbocycles. The minimum absolute atomic E-state index is 0.0262. The highest BCUT2D eigenvalue weighted by atomic mass is 32.1. The van der Waals surface area contributed by atoms with Crippen LogP contribution in [0.4, 0.5) is 13.2 Å². The van der Waals surface area contributed by atoms with Crippen molar-refractivity contribution < 1.29 is 17.9 Å². The fourth-order valence-electron chi connectivity index (χ4n) is 1.12. The molecule has 0 N–H and O–H groups in total. The molecular formula is C11H16F3NOS. The third-order valence-corrected chi connectivity index (χ3v) is 2.95. The van der Waals surface area contributed by atoms with Gasteiger partial charge >= 0.3 is 6.18 Å². The van der Waals surface area contributed by atoms with Crippen molar-refractivity contribution in [3.63, 3.8) is 0 Å². The minimum atomic E-state index is -4.25. The first-order valence-corrected chi connectivity index (χ1v) is 6.16. The third-order valence-electron chi connectivity index (χ3n) is 2.05. The van der Waals surface area contributed by atoms with Gasteiger partial charge in [0.25, 0.3) is 0 Å². The number of nitrogens with zero attached hydrogens (tertiary/aromatic N) is 1. The van der Waals surface area contributed by atoms with Crippen LogP contribution in [0.25, 0.3) is 0 Å². The maximum absolute atomic E-state index is 11.8. The molecule has 0 aliphatic heterocycles. The van der Waals surface area contributed by atoms with E-state index in [1.54, 1.807) is 0 Å². The maximum atomic E-state index is 11.8. The van der Waals surface area contributed by atoms with Crippen LogP contribution in [0.3, 0.4) is 0 Å². The van der Waals surface area contributed by atoms with E-state index in [0.717, 1.165) is 10.7 Å². The van der Waals surface area contributed by atoms with Crippen molar-refractivity contribution in [1.29, 1.82) is 0 Å². The Labute approximate surface area is 103 Å². The van der Waals surface area contributed by atoms with E-state index >= 15 is 0 Å². The lowest BCUT2D eigenvalue weighted by atomic mass is 9.93. The number of aromatic nitrogens is 1. The first-order chi connectivity index (χ1) is 7.68. The van der Waals surface area contributed by atoms with Crippen LogP contribution in [0.1, 0.15) is 31.5 Å². The van der Waals surface area contributed by atoms with E-state index in [-0.39, 0.29) is 12.0 Å². The van der Waals surface area contributed by atoms with Crippen molar-refractivity contribution in [2.24, 2.45) is 0 Å². The highest BCUT2D eigenvalue weighted by Gasteiger charge is 2.27. The van der Waals surface area contributed by atoms with E-state index < -0.39 is 12.8 Å². The van der Waals surface area contributed by atoms with Crippen molar-refractivity contribution >= 4 is 11.3 Å². The van der Waals surface area contributed by atoms with Crippen LogP contribution in [0.15, 0.2) is 5.38 Å². The smallest absolute Gasteiger partial charge is 0.372 e. The molecule has 0 aliphatic rings. The highest BCUT2D eigenvalue weighted by molar-refractivity contribution is 7.09. The molecule has 0 unspecified atom stereocenters. The van der Waals surface area contributed by atoms with Crippen molar-refractivity contribution in [1.82, 2.24) is 4.98 Å². The molecule has 0 atom stereocenters. The summed E-state index contributed by atoms with van der Waals surface area (Å²) in [6, 6.07) is 0. The fourth-order valence-corrected chi connectivity index (χ4v) is 2.12. The first-order valence-electron chi connectivity index (χ1n) is 5.28. The summed E-state index contributed by atoms with van der Waals surface area (Å²) < 4.78 is 39.9. The van der Waals surface area contributed by atoms with Gasteiger partial charge < -0.3 is 4.74 Å². The van der Waals surface area contributed by atoms with E-state index in [1.165, 1.54) is 11.3 Å². The van der Waals surface area contributed by atoms with Crippen molar-refractivity contribution in [3.05, 3.63) is 16.1 Å². The van der Waals surface area contributed by atoms with Gasteiger partial charge in [0.15, 0.2) is 0 Å². The largest absolute Gasteiger partial charge is 0.411 e. The second-order valence-corrected chi connectivity index (χ2v) is 5.74. The zero-order valence-corrected chi connectivity index (χ0v) is 10.9. The Morgan fingerprint density at radius 1 is 1.29 bits per heavy atom. The van der Waals surface area contributed by atoms with E-state index in [4.69, 9.17) is 0 Å². The quantitative estimate of drug-likeness (QED) is 0.778. The molecular weight excluding hydrogens is 251 g/mol. The van der Waals surface area contributed by atoms with Crippen LogP contribution in [0.5, 0.6) is 0 Å². The van der Waals surface area contributed by atoms with Crippen LogP contribution < -0.4 is 0 Å². The molecule has 1 heterocycles. The number of halogens is 3. The number of thiazole rings is 1. The molecule has 1 rings (SSSR count). The lowest BCUT2D eigenvalue weighted by molar-refractivity contribution is -0.173. The first kappa shape index (κ1) is 14.4. The summed E-state index contributed by atoms with van der Waals surface area (Å²) in [5.74, 6) is 0. The average Bonchev–Trinajstić information content (AvgIpc) is 2.58. The molecule has 0 saturated heterocycles. The zero-order valence-electron chi connectivity index (χ0n) is 10.1. The SMILES string of the molecule is CC(C)(C)c1csc(CCOCC(F)(F)F)n1. The average molecular weight is 267 g/mol. The van der Waals surface area contributed by atoms with Crippen LogP contribution >= 0.6 is 11.3 Å². The van der Waals surface area contributed by atoms with Gasteiger partial charge in [0, 0.05) is 17.2 Å². The molecule has 0 saturated carbocycles. The van der Waals surface area contributed by atoms with Gasteiger partial charge in [0.05, 0.1) is 17.3 Å². The Hall–Kier alpha value is -0.620. The summed E-state index contributed by atoms with van der Waals surface area (Å²) in [5.41, 5.74) is 0.940. The molecule has 0 spiro atoms. The van der Waals surface area contributed by atoms with E-state index in [9.17, 15) is 13.2 Å². The van der Waals surface area contributed by atoms with Gasteiger partial charge in [0.1, 0.15) is 6.61 Å². The van der Waals surface area contributed by atoms with Gasteiger partial charge in [-0.1, -0.05) is 20.8 Å². The molecule has 0 radical (unpaired) electrons. The summed E-state index contributed by atoms with van der Waals surface area (Å²) in [4.78, 5) is 4.37. The molecule has 2 nitrogen and oxygen atoms in total. The van der Waals surface area contributed by atoms with Gasteiger partial charge in [-0.25, -0.2) is 4.98 Å². The van der Waals surface area contributed by atoms with Gasteiger partial charge in [-0.3, -0.25) is 0 Å². The lowest BCUT2D eigenvalue weighted by Crippen LogP contribution is -2.18. The van der Waals surface area contributed by atoms with Crippen LogP contribution in [-0.4, -0.2) is 24.4 Å². The molecule has 17 heavy (non-hydrogen) atoms. The van der Waals surface area contributed by atoms with E-state index in [2.05, 4.69) is 9.72 Å². The topological polar surface area (TPSA) is 22.1 Å². The summed E-state index contributed by atoms with van der Waals surface area (Å²) in [5, 5.41) is 2.76. The fraction of sp³-hybridized carbons (Fsp3) is 0.727. The lowest BCUT2D eigenvalue weighted by Gasteiger charge is -2.14. The van der Waals surface area contributed by atoms with Gasteiger partial charge in [-0.05, 0) is 0 Å². The van der Waals surface area contributed by atoms with Crippen LogP contribution in [-0.2, 0) is 16.6 Å². The zero-order chi connectivity index (χ0) is 13.1. The monoisotopic (exact) mass is 267 g/mol. The summed E-state index contributed by atoms with van der Waals surface area (Å²) >= 11 is 1.46. The van der Waals surface area contributed by atoms with Crippen molar-refractivity contribution in [2.75, 3.05) is 13.2 Å². The Bertz CT molecular complexity index is 354. The molecule has 0 bridgehead atoms. The number of alkyl halides is 3. The molecule has 6 heteroatoms.